The third-order valence-electron chi connectivity index (χ3n) is 3.54. The van der Waals surface area contributed by atoms with Gasteiger partial charge in [0.15, 0.2) is 0 Å². The van der Waals surface area contributed by atoms with Crippen LogP contribution in [0.5, 0.6) is 0 Å². The van der Waals surface area contributed by atoms with Crippen molar-refractivity contribution in [3.8, 4) is 0 Å². The van der Waals surface area contributed by atoms with E-state index in [0.717, 1.165) is 5.69 Å². The van der Waals surface area contributed by atoms with E-state index < -0.39 is 0 Å². The molecule has 3 rings (SSSR count). The van der Waals surface area contributed by atoms with E-state index in [4.69, 9.17) is 11.6 Å². The number of aromatic nitrogens is 1. The van der Waals surface area contributed by atoms with Crippen LogP contribution in [-0.4, -0.2) is 10.9 Å². The van der Waals surface area contributed by atoms with Crippen LogP contribution in [0.15, 0.2) is 66.9 Å². The molecule has 0 saturated heterocycles. The van der Waals surface area contributed by atoms with E-state index in [1.54, 1.807) is 36.4 Å². The van der Waals surface area contributed by atoms with E-state index in [1.165, 1.54) is 12.3 Å². The quantitative estimate of drug-likeness (QED) is 0.706. The van der Waals surface area contributed by atoms with Crippen molar-refractivity contribution in [2.24, 2.45) is 0 Å². The molecule has 0 spiro atoms. The predicted octanol–water partition coefficient (Wildman–Crippen LogP) is 4.55. The minimum Gasteiger partial charge on any atom is -0.354 e. The maximum absolute atomic E-state index is 13.6. The minimum absolute atomic E-state index is 0.0926. The molecule has 3 aromatic rings. The maximum Gasteiger partial charge on any atom is 0.270 e. The predicted molar refractivity (Wildman–Crippen MR) is 96.5 cm³/mol. The lowest BCUT2D eigenvalue weighted by Crippen LogP contribution is -2.24. The number of amides is 1. The number of rotatable bonds is 5. The third-order valence-corrected chi connectivity index (χ3v) is 3.87. The van der Waals surface area contributed by atoms with Crippen molar-refractivity contribution in [1.82, 2.24) is 10.3 Å². The number of halogens is 2. The zero-order valence-corrected chi connectivity index (χ0v) is 13.9. The van der Waals surface area contributed by atoms with Crippen molar-refractivity contribution in [1.29, 1.82) is 0 Å². The standard InChI is InChI=1S/C19H15ClFN3O/c20-15-6-2-4-8-17(15)24-14-9-10-22-18(11-14)19(25)23-12-13-5-1-3-7-16(13)21/h1-11H,12H2,(H,22,24)(H,23,25). The van der Waals surface area contributed by atoms with Gasteiger partial charge in [0.25, 0.3) is 5.91 Å². The van der Waals surface area contributed by atoms with Crippen molar-refractivity contribution in [2.45, 2.75) is 6.54 Å². The van der Waals surface area contributed by atoms with E-state index in [0.29, 0.717) is 16.3 Å². The van der Waals surface area contributed by atoms with Crippen molar-refractivity contribution >= 4 is 28.9 Å². The number of pyridine rings is 1. The Morgan fingerprint density at radius 1 is 1.08 bits per heavy atom. The molecule has 0 unspecified atom stereocenters. The number of hydrogen-bond donors (Lipinski definition) is 2. The lowest BCUT2D eigenvalue weighted by Gasteiger charge is -2.10. The Kier molecular flexibility index (Phi) is 5.26. The van der Waals surface area contributed by atoms with Gasteiger partial charge >= 0.3 is 0 Å². The van der Waals surface area contributed by atoms with Crippen LogP contribution in [0.25, 0.3) is 0 Å². The van der Waals surface area contributed by atoms with Gasteiger partial charge in [0.05, 0.1) is 10.7 Å². The molecule has 25 heavy (non-hydrogen) atoms. The molecule has 0 bridgehead atoms. The van der Waals surface area contributed by atoms with Crippen molar-refractivity contribution in [3.63, 3.8) is 0 Å². The van der Waals surface area contributed by atoms with Gasteiger partial charge in [-0.2, -0.15) is 0 Å². The molecule has 0 aliphatic carbocycles. The number of benzene rings is 2. The Bertz CT molecular complexity index is 901. The zero-order chi connectivity index (χ0) is 17.6. The summed E-state index contributed by atoms with van der Waals surface area (Å²) in [5.74, 6) is -0.740. The Labute approximate surface area is 149 Å². The molecule has 6 heteroatoms. The van der Waals surface area contributed by atoms with Crippen LogP contribution in [0.1, 0.15) is 16.1 Å². The first-order valence-corrected chi connectivity index (χ1v) is 8.00. The third kappa shape index (κ3) is 4.33. The van der Waals surface area contributed by atoms with E-state index >= 15 is 0 Å². The summed E-state index contributed by atoms with van der Waals surface area (Å²) in [7, 11) is 0. The normalized spacial score (nSPS) is 10.3. The summed E-state index contributed by atoms with van der Waals surface area (Å²) in [5, 5.41) is 6.38. The summed E-state index contributed by atoms with van der Waals surface area (Å²) in [6.45, 7) is 0.0926. The lowest BCUT2D eigenvalue weighted by atomic mass is 10.2. The second-order valence-corrected chi connectivity index (χ2v) is 5.72. The number of carbonyl (C=O) groups excluding carboxylic acids is 1. The number of nitrogens with zero attached hydrogens (tertiary/aromatic N) is 1. The number of nitrogens with one attached hydrogen (secondary N) is 2. The highest BCUT2D eigenvalue weighted by Gasteiger charge is 2.10. The summed E-state index contributed by atoms with van der Waals surface area (Å²) >= 11 is 6.12. The molecule has 126 valence electrons. The molecule has 4 nitrogen and oxygen atoms in total. The van der Waals surface area contributed by atoms with Crippen LogP contribution in [0, 0.1) is 5.82 Å². The van der Waals surface area contributed by atoms with Crippen molar-refractivity contribution in [2.75, 3.05) is 5.32 Å². The summed E-state index contributed by atoms with van der Waals surface area (Å²) in [4.78, 5) is 16.3. The lowest BCUT2D eigenvalue weighted by molar-refractivity contribution is 0.0945. The maximum atomic E-state index is 13.6. The molecule has 0 saturated carbocycles. The second-order valence-electron chi connectivity index (χ2n) is 5.31. The molecular formula is C19H15ClFN3O. The highest BCUT2D eigenvalue weighted by molar-refractivity contribution is 6.33. The van der Waals surface area contributed by atoms with Gasteiger partial charge < -0.3 is 10.6 Å². The van der Waals surface area contributed by atoms with Gasteiger partial charge in [-0.25, -0.2) is 4.39 Å². The Morgan fingerprint density at radius 2 is 1.84 bits per heavy atom. The fourth-order valence-electron chi connectivity index (χ4n) is 2.26. The van der Waals surface area contributed by atoms with Crippen LogP contribution >= 0.6 is 11.6 Å². The van der Waals surface area contributed by atoms with Gasteiger partial charge in [-0.1, -0.05) is 41.9 Å². The molecule has 2 N–H and O–H groups in total. The van der Waals surface area contributed by atoms with Gasteiger partial charge in [0.2, 0.25) is 0 Å². The second kappa shape index (κ2) is 7.77. The first-order chi connectivity index (χ1) is 12.1. The van der Waals surface area contributed by atoms with E-state index in [9.17, 15) is 9.18 Å². The fraction of sp³-hybridized carbons (Fsp3) is 0.0526. The van der Waals surface area contributed by atoms with Gasteiger partial charge in [-0.05, 0) is 30.3 Å². The SMILES string of the molecule is O=C(NCc1ccccc1F)c1cc(Nc2ccccc2Cl)ccn1. The zero-order valence-electron chi connectivity index (χ0n) is 13.2. The van der Waals surface area contributed by atoms with Gasteiger partial charge in [0, 0.05) is 24.0 Å². The monoisotopic (exact) mass is 355 g/mol. The first kappa shape index (κ1) is 16.9. The molecule has 0 atom stereocenters. The Hall–Kier alpha value is -2.92. The fourth-order valence-corrected chi connectivity index (χ4v) is 2.44. The molecule has 0 radical (unpaired) electrons. The molecule has 1 heterocycles. The van der Waals surface area contributed by atoms with E-state index in [-0.39, 0.29) is 24.0 Å². The molecular weight excluding hydrogens is 341 g/mol. The summed E-state index contributed by atoms with van der Waals surface area (Å²) in [6.07, 6.45) is 1.52. The average molecular weight is 356 g/mol. The van der Waals surface area contributed by atoms with Crippen LogP contribution in [0.4, 0.5) is 15.8 Å². The highest BCUT2D eigenvalue weighted by atomic mass is 35.5. The van der Waals surface area contributed by atoms with Crippen molar-refractivity contribution < 1.29 is 9.18 Å². The number of carbonyl (C=O) groups is 1. The highest BCUT2D eigenvalue weighted by Crippen LogP contribution is 2.24. The van der Waals surface area contributed by atoms with Crippen molar-refractivity contribution in [3.05, 3.63) is 89.0 Å². The minimum atomic E-state index is -0.383. The largest absolute Gasteiger partial charge is 0.354 e. The van der Waals surface area contributed by atoms with Crippen LogP contribution < -0.4 is 10.6 Å². The molecule has 0 fully saturated rings. The first-order valence-electron chi connectivity index (χ1n) is 7.63. The smallest absolute Gasteiger partial charge is 0.270 e. The summed E-state index contributed by atoms with van der Waals surface area (Å²) < 4.78 is 13.6. The van der Waals surface area contributed by atoms with Crippen LogP contribution in [0.2, 0.25) is 5.02 Å². The van der Waals surface area contributed by atoms with Gasteiger partial charge in [-0.15, -0.1) is 0 Å². The van der Waals surface area contributed by atoms with Gasteiger partial charge in [0.1, 0.15) is 11.5 Å². The Morgan fingerprint density at radius 3 is 2.64 bits per heavy atom. The Balaban J connectivity index is 1.69. The van der Waals surface area contributed by atoms with E-state index in [1.807, 2.05) is 18.2 Å². The van der Waals surface area contributed by atoms with Crippen LogP contribution in [0.3, 0.4) is 0 Å². The number of para-hydroxylation sites is 1. The topological polar surface area (TPSA) is 54.0 Å². The average Bonchev–Trinajstić information content (AvgIpc) is 2.63. The number of anilines is 2. The molecule has 0 aliphatic rings. The molecule has 1 amide bonds. The van der Waals surface area contributed by atoms with Gasteiger partial charge in [-0.3, -0.25) is 9.78 Å². The molecule has 0 aliphatic heterocycles. The number of hydrogen-bond acceptors (Lipinski definition) is 3. The molecule has 1 aromatic heterocycles. The summed E-state index contributed by atoms with van der Waals surface area (Å²) in [6, 6.07) is 16.9. The summed E-state index contributed by atoms with van der Waals surface area (Å²) in [5.41, 5.74) is 2.06. The molecule has 2 aromatic carbocycles. The van der Waals surface area contributed by atoms with Crippen LogP contribution in [-0.2, 0) is 6.54 Å². The van der Waals surface area contributed by atoms with E-state index in [2.05, 4.69) is 15.6 Å².